The zero-order valence-corrected chi connectivity index (χ0v) is 18.4. The smallest absolute Gasteiger partial charge is 0.266 e. The van der Waals surface area contributed by atoms with E-state index < -0.39 is 5.82 Å². The highest BCUT2D eigenvalue weighted by atomic mass is 32.2. The van der Waals surface area contributed by atoms with Gasteiger partial charge in [0.2, 0.25) is 0 Å². The fourth-order valence-electron chi connectivity index (χ4n) is 3.09. The molecule has 0 spiro atoms. The Morgan fingerprint density at radius 1 is 1.10 bits per heavy atom. The third kappa shape index (κ3) is 4.80. The summed E-state index contributed by atoms with van der Waals surface area (Å²) < 4.78 is 21.6. The second kappa shape index (κ2) is 8.55. The van der Waals surface area contributed by atoms with Crippen LogP contribution in [0.3, 0.4) is 0 Å². The highest BCUT2D eigenvalue weighted by molar-refractivity contribution is 7.99. The number of thioether (sulfide) groups is 1. The van der Waals surface area contributed by atoms with Crippen LogP contribution in [-0.4, -0.2) is 31.9 Å². The van der Waals surface area contributed by atoms with E-state index in [9.17, 15) is 9.18 Å². The molecule has 0 unspecified atom stereocenters. The average molecular weight is 439 g/mol. The highest BCUT2D eigenvalue weighted by Gasteiger charge is 2.15. The van der Waals surface area contributed by atoms with Crippen molar-refractivity contribution in [2.45, 2.75) is 31.3 Å². The van der Waals surface area contributed by atoms with E-state index in [1.54, 1.807) is 18.2 Å². The van der Waals surface area contributed by atoms with Crippen molar-refractivity contribution < 1.29 is 9.13 Å². The number of rotatable bonds is 6. The lowest BCUT2D eigenvalue weighted by molar-refractivity contribution is 0.343. The van der Waals surface area contributed by atoms with Crippen LogP contribution in [0.2, 0.25) is 0 Å². The van der Waals surface area contributed by atoms with Gasteiger partial charge in [0.05, 0.1) is 12.2 Å². The largest absolute Gasteiger partial charge is 0.493 e. The molecule has 2 heterocycles. The lowest BCUT2D eigenvalue weighted by atomic mass is 9.87. The third-order valence-corrected chi connectivity index (χ3v) is 5.65. The quantitative estimate of drug-likeness (QED) is 0.349. The van der Waals surface area contributed by atoms with Crippen molar-refractivity contribution in [2.24, 2.45) is 0 Å². The van der Waals surface area contributed by atoms with E-state index in [1.165, 1.54) is 34.0 Å². The summed E-state index contributed by atoms with van der Waals surface area (Å²) in [4.78, 5) is 20.6. The predicted molar refractivity (Wildman–Crippen MR) is 120 cm³/mol. The Bertz CT molecular complexity index is 1260. The predicted octanol–water partition coefficient (Wildman–Crippen LogP) is 4.69. The Labute approximate surface area is 183 Å². The third-order valence-electron chi connectivity index (χ3n) is 4.74. The number of halogens is 1. The molecule has 0 aliphatic heterocycles. The van der Waals surface area contributed by atoms with Gasteiger partial charge in [0.15, 0.2) is 16.6 Å². The van der Waals surface area contributed by atoms with E-state index >= 15 is 0 Å². The molecule has 2 aromatic heterocycles. The SMILES string of the molecule is CC(C)(C)c1ccc(OCCSc2nc(-c3ccccc3F)nc3cc(=O)[nH]n23)cc1. The Morgan fingerprint density at radius 2 is 1.84 bits per heavy atom. The Balaban J connectivity index is 1.49. The van der Waals surface area contributed by atoms with Gasteiger partial charge in [-0.15, -0.1) is 0 Å². The minimum Gasteiger partial charge on any atom is -0.493 e. The van der Waals surface area contributed by atoms with Crippen molar-refractivity contribution >= 4 is 17.4 Å². The molecule has 0 aliphatic rings. The number of aromatic nitrogens is 4. The first-order valence-electron chi connectivity index (χ1n) is 9.92. The number of nitrogens with zero attached hydrogens (tertiary/aromatic N) is 3. The molecule has 2 aromatic carbocycles. The summed E-state index contributed by atoms with van der Waals surface area (Å²) in [5, 5.41) is 3.19. The lowest BCUT2D eigenvalue weighted by Crippen LogP contribution is -2.10. The standard InChI is InChI=1S/C23H23FN4O2S/c1-23(2,3)15-8-10-16(11-9-15)30-12-13-31-22-26-21(17-6-4-5-7-18(17)24)25-19-14-20(29)27-28(19)22/h4-11,14H,12-13H2,1-3H3,(H,27,29). The monoisotopic (exact) mass is 438 g/mol. The maximum absolute atomic E-state index is 14.2. The zero-order chi connectivity index (χ0) is 22.0. The summed E-state index contributed by atoms with van der Waals surface area (Å²) in [5.41, 5.74) is 1.72. The molecule has 4 rings (SSSR count). The molecule has 0 atom stereocenters. The van der Waals surface area contributed by atoms with E-state index in [-0.39, 0.29) is 22.4 Å². The molecular weight excluding hydrogens is 415 g/mol. The molecule has 0 saturated carbocycles. The van der Waals surface area contributed by atoms with Crippen LogP contribution >= 0.6 is 11.8 Å². The van der Waals surface area contributed by atoms with Gasteiger partial charge in [0, 0.05) is 11.8 Å². The van der Waals surface area contributed by atoms with E-state index in [4.69, 9.17) is 4.74 Å². The normalized spacial score (nSPS) is 11.7. The molecule has 8 heteroatoms. The number of nitrogens with one attached hydrogen (secondary N) is 1. The van der Waals surface area contributed by atoms with Crippen molar-refractivity contribution in [3.63, 3.8) is 0 Å². The average Bonchev–Trinajstić information content (AvgIpc) is 3.11. The molecule has 0 radical (unpaired) electrons. The first-order valence-corrected chi connectivity index (χ1v) is 10.9. The van der Waals surface area contributed by atoms with Crippen LogP contribution in [0.15, 0.2) is 64.5 Å². The summed E-state index contributed by atoms with van der Waals surface area (Å²) in [6, 6.07) is 15.7. The highest BCUT2D eigenvalue weighted by Crippen LogP contribution is 2.25. The maximum atomic E-state index is 14.2. The fraction of sp³-hybridized carbons (Fsp3) is 0.261. The molecular formula is C23H23FN4O2S. The van der Waals surface area contributed by atoms with Gasteiger partial charge in [-0.05, 0) is 35.2 Å². The van der Waals surface area contributed by atoms with Gasteiger partial charge in [0.25, 0.3) is 5.56 Å². The molecule has 0 amide bonds. The number of benzene rings is 2. The van der Waals surface area contributed by atoms with Gasteiger partial charge in [-0.25, -0.2) is 18.9 Å². The maximum Gasteiger partial charge on any atom is 0.266 e. The number of ether oxygens (including phenoxy) is 1. The number of H-pyrrole nitrogens is 1. The van der Waals surface area contributed by atoms with Crippen LogP contribution in [0, 0.1) is 5.82 Å². The fourth-order valence-corrected chi connectivity index (χ4v) is 3.86. The van der Waals surface area contributed by atoms with Crippen molar-refractivity contribution in [1.29, 1.82) is 0 Å². The summed E-state index contributed by atoms with van der Waals surface area (Å²) in [5.74, 6) is 1.20. The lowest BCUT2D eigenvalue weighted by Gasteiger charge is -2.19. The number of aromatic amines is 1. The first kappa shape index (κ1) is 21.1. The Kier molecular flexibility index (Phi) is 5.82. The van der Waals surface area contributed by atoms with Crippen LogP contribution in [0.5, 0.6) is 5.75 Å². The second-order valence-electron chi connectivity index (χ2n) is 8.09. The Hall–Kier alpha value is -3.13. The molecule has 4 aromatic rings. The van der Waals surface area contributed by atoms with E-state index in [2.05, 4.69) is 48.0 Å². The van der Waals surface area contributed by atoms with Gasteiger partial charge in [0.1, 0.15) is 11.6 Å². The molecule has 0 aliphatic carbocycles. The van der Waals surface area contributed by atoms with Crippen molar-refractivity contribution in [2.75, 3.05) is 12.4 Å². The van der Waals surface area contributed by atoms with Crippen LogP contribution < -0.4 is 10.3 Å². The van der Waals surface area contributed by atoms with Gasteiger partial charge >= 0.3 is 0 Å². The van der Waals surface area contributed by atoms with E-state index in [0.717, 1.165) is 5.75 Å². The molecule has 160 valence electrons. The van der Waals surface area contributed by atoms with Crippen LogP contribution in [0.1, 0.15) is 26.3 Å². The van der Waals surface area contributed by atoms with Gasteiger partial charge in [-0.1, -0.05) is 56.8 Å². The minimum atomic E-state index is -0.414. The topological polar surface area (TPSA) is 72.3 Å². The molecule has 0 fully saturated rings. The summed E-state index contributed by atoms with van der Waals surface area (Å²) in [6.45, 7) is 6.96. The molecule has 0 saturated heterocycles. The number of hydrogen-bond donors (Lipinski definition) is 1. The number of fused-ring (bicyclic) bond motifs is 1. The second-order valence-corrected chi connectivity index (χ2v) is 9.16. The van der Waals surface area contributed by atoms with Crippen LogP contribution in [0.4, 0.5) is 4.39 Å². The van der Waals surface area contributed by atoms with Crippen molar-refractivity contribution in [1.82, 2.24) is 19.6 Å². The van der Waals surface area contributed by atoms with E-state index in [0.29, 0.717) is 23.2 Å². The minimum absolute atomic E-state index is 0.0936. The summed E-state index contributed by atoms with van der Waals surface area (Å²) in [6.07, 6.45) is 0. The van der Waals surface area contributed by atoms with Crippen molar-refractivity contribution in [3.05, 3.63) is 76.3 Å². The van der Waals surface area contributed by atoms with Gasteiger partial charge in [-0.2, -0.15) is 0 Å². The van der Waals surface area contributed by atoms with Gasteiger partial charge in [-0.3, -0.25) is 9.89 Å². The Morgan fingerprint density at radius 3 is 2.55 bits per heavy atom. The van der Waals surface area contributed by atoms with E-state index in [1.807, 2.05) is 12.1 Å². The van der Waals surface area contributed by atoms with Gasteiger partial charge < -0.3 is 4.74 Å². The summed E-state index contributed by atoms with van der Waals surface area (Å²) >= 11 is 1.40. The molecule has 1 N–H and O–H groups in total. The zero-order valence-electron chi connectivity index (χ0n) is 17.6. The first-order chi connectivity index (χ1) is 14.8. The molecule has 0 bridgehead atoms. The number of hydrogen-bond acceptors (Lipinski definition) is 5. The van der Waals surface area contributed by atoms with Crippen LogP contribution in [-0.2, 0) is 5.41 Å². The molecule has 31 heavy (non-hydrogen) atoms. The molecule has 6 nitrogen and oxygen atoms in total. The summed E-state index contributed by atoms with van der Waals surface area (Å²) in [7, 11) is 0. The van der Waals surface area contributed by atoms with Crippen LogP contribution in [0.25, 0.3) is 17.0 Å². The van der Waals surface area contributed by atoms with Crippen molar-refractivity contribution in [3.8, 4) is 17.1 Å².